The van der Waals surface area contributed by atoms with Crippen LogP contribution in [0.25, 0.3) is 0 Å². The molecule has 0 aromatic heterocycles. The van der Waals surface area contributed by atoms with E-state index in [4.69, 9.17) is 9.47 Å². The monoisotopic (exact) mass is 371 g/mol. The Morgan fingerprint density at radius 2 is 1.70 bits per heavy atom. The van der Waals surface area contributed by atoms with Gasteiger partial charge in [-0.1, -0.05) is 24.3 Å². The average molecular weight is 371 g/mol. The largest absolute Gasteiger partial charge is 0.497 e. The number of nitrogens with one attached hydrogen (secondary N) is 1. The highest BCUT2D eigenvalue weighted by Gasteiger charge is 2.10. The van der Waals surface area contributed by atoms with Crippen molar-refractivity contribution in [2.75, 3.05) is 20.8 Å². The summed E-state index contributed by atoms with van der Waals surface area (Å²) in [4.78, 5) is 35.0. The first-order valence-corrected chi connectivity index (χ1v) is 8.24. The van der Waals surface area contributed by atoms with Crippen LogP contribution in [0.15, 0.2) is 48.5 Å². The molecule has 2 aromatic carbocycles. The van der Waals surface area contributed by atoms with Gasteiger partial charge in [0.15, 0.2) is 6.61 Å². The molecule has 0 fully saturated rings. The van der Waals surface area contributed by atoms with Crippen LogP contribution in [0.2, 0.25) is 0 Å². The van der Waals surface area contributed by atoms with Gasteiger partial charge < -0.3 is 19.5 Å². The molecule has 0 aliphatic heterocycles. The van der Waals surface area contributed by atoms with Crippen molar-refractivity contribution in [3.8, 4) is 5.75 Å². The van der Waals surface area contributed by atoms with Gasteiger partial charge in [-0.05, 0) is 35.4 Å². The third-order valence-corrected chi connectivity index (χ3v) is 3.71. The molecule has 27 heavy (non-hydrogen) atoms. The van der Waals surface area contributed by atoms with Crippen molar-refractivity contribution >= 4 is 17.8 Å². The second-order valence-corrected chi connectivity index (χ2v) is 5.65. The highest BCUT2D eigenvalue weighted by atomic mass is 16.5. The van der Waals surface area contributed by atoms with Crippen molar-refractivity contribution in [1.29, 1.82) is 0 Å². The zero-order valence-corrected chi connectivity index (χ0v) is 15.2. The molecule has 7 nitrogen and oxygen atoms in total. The first-order chi connectivity index (χ1) is 13.0. The van der Waals surface area contributed by atoms with E-state index in [1.807, 2.05) is 0 Å². The normalized spacial score (nSPS) is 10.0. The van der Waals surface area contributed by atoms with E-state index in [0.717, 1.165) is 11.1 Å². The Bertz CT molecular complexity index is 800. The van der Waals surface area contributed by atoms with E-state index >= 15 is 0 Å². The summed E-state index contributed by atoms with van der Waals surface area (Å²) in [5.41, 5.74) is 1.98. The molecule has 0 atom stereocenters. The number of amides is 1. The first kappa shape index (κ1) is 20.0. The fourth-order valence-electron chi connectivity index (χ4n) is 2.27. The molecule has 0 spiro atoms. The minimum Gasteiger partial charge on any atom is -0.497 e. The average Bonchev–Trinajstić information content (AvgIpc) is 2.70. The van der Waals surface area contributed by atoms with Crippen molar-refractivity contribution in [1.82, 2.24) is 5.32 Å². The van der Waals surface area contributed by atoms with Crippen LogP contribution in [0.1, 0.15) is 21.5 Å². The fraction of sp³-hybridized carbons (Fsp3) is 0.250. The smallest absolute Gasteiger partial charge is 0.337 e. The summed E-state index contributed by atoms with van der Waals surface area (Å²) in [6.07, 6.45) is 0.0550. The topological polar surface area (TPSA) is 90.9 Å². The van der Waals surface area contributed by atoms with Gasteiger partial charge in [0.25, 0.3) is 5.91 Å². The Morgan fingerprint density at radius 3 is 2.37 bits per heavy atom. The molecule has 0 saturated heterocycles. The molecule has 0 unspecified atom stereocenters. The number of hydrogen-bond acceptors (Lipinski definition) is 6. The SMILES string of the molecule is COC(=O)c1ccc(CNC(=O)COC(=O)Cc2cccc(OC)c2)cc1. The van der Waals surface area contributed by atoms with Crippen LogP contribution in [-0.2, 0) is 32.0 Å². The van der Waals surface area contributed by atoms with Crippen molar-refractivity contribution < 1.29 is 28.6 Å². The summed E-state index contributed by atoms with van der Waals surface area (Å²) in [5.74, 6) is -0.684. The number of carbonyl (C=O) groups is 3. The molecule has 2 aromatic rings. The zero-order valence-electron chi connectivity index (χ0n) is 15.2. The van der Waals surface area contributed by atoms with Crippen LogP contribution < -0.4 is 10.1 Å². The van der Waals surface area contributed by atoms with Crippen molar-refractivity contribution in [3.63, 3.8) is 0 Å². The number of methoxy groups -OCH3 is 2. The highest BCUT2D eigenvalue weighted by Crippen LogP contribution is 2.13. The Balaban J connectivity index is 1.73. The molecule has 0 saturated carbocycles. The molecule has 1 amide bonds. The summed E-state index contributed by atoms with van der Waals surface area (Å²) in [5, 5.41) is 2.65. The quantitative estimate of drug-likeness (QED) is 0.713. The van der Waals surface area contributed by atoms with Crippen molar-refractivity contribution in [2.24, 2.45) is 0 Å². The standard InChI is InChI=1S/C20H21NO6/c1-25-17-5-3-4-15(10-17)11-19(23)27-13-18(22)21-12-14-6-8-16(9-7-14)20(24)26-2/h3-10H,11-13H2,1-2H3,(H,21,22). The maximum absolute atomic E-state index is 11.8. The summed E-state index contributed by atoms with van der Waals surface area (Å²) in [7, 11) is 2.86. The summed E-state index contributed by atoms with van der Waals surface area (Å²) in [6.45, 7) is -0.100. The van der Waals surface area contributed by atoms with Gasteiger partial charge in [-0.3, -0.25) is 9.59 Å². The molecule has 2 rings (SSSR count). The van der Waals surface area contributed by atoms with Gasteiger partial charge in [0, 0.05) is 6.54 Å². The molecule has 142 valence electrons. The van der Waals surface area contributed by atoms with E-state index in [9.17, 15) is 14.4 Å². The van der Waals surface area contributed by atoms with Gasteiger partial charge in [0.2, 0.25) is 0 Å². The van der Waals surface area contributed by atoms with E-state index in [1.54, 1.807) is 55.6 Å². The molecule has 0 heterocycles. The molecular formula is C20H21NO6. The molecule has 0 aliphatic rings. The van der Waals surface area contributed by atoms with Crippen molar-refractivity contribution in [2.45, 2.75) is 13.0 Å². The van der Waals surface area contributed by atoms with Crippen LogP contribution in [0, 0.1) is 0 Å². The molecule has 0 aliphatic carbocycles. The summed E-state index contributed by atoms with van der Waals surface area (Å²) >= 11 is 0. The minimum atomic E-state index is -0.499. The van der Waals surface area contributed by atoms with Crippen LogP contribution in [0.5, 0.6) is 5.75 Å². The first-order valence-electron chi connectivity index (χ1n) is 8.24. The van der Waals surface area contributed by atoms with E-state index in [2.05, 4.69) is 10.1 Å². The molecule has 0 radical (unpaired) electrons. The second kappa shape index (κ2) is 9.96. The Labute approximate surface area is 157 Å². The zero-order chi connectivity index (χ0) is 19.6. The molecule has 0 bridgehead atoms. The predicted octanol–water partition coefficient (Wildman–Crippen LogP) is 1.88. The molecule has 1 N–H and O–H groups in total. The highest BCUT2D eigenvalue weighted by molar-refractivity contribution is 5.89. The predicted molar refractivity (Wildman–Crippen MR) is 97.3 cm³/mol. The third kappa shape index (κ3) is 6.47. The summed E-state index contributed by atoms with van der Waals surface area (Å²) in [6, 6.07) is 13.7. The van der Waals surface area contributed by atoms with Gasteiger partial charge >= 0.3 is 11.9 Å². The van der Waals surface area contributed by atoms with Crippen LogP contribution in [-0.4, -0.2) is 38.7 Å². The van der Waals surface area contributed by atoms with E-state index in [-0.39, 0.29) is 19.6 Å². The maximum Gasteiger partial charge on any atom is 0.337 e. The Hall–Kier alpha value is -3.35. The number of carbonyl (C=O) groups excluding carboxylic acids is 3. The lowest BCUT2D eigenvalue weighted by Gasteiger charge is -2.08. The number of hydrogen-bond donors (Lipinski definition) is 1. The minimum absolute atomic E-state index is 0.0550. The van der Waals surface area contributed by atoms with Crippen molar-refractivity contribution in [3.05, 3.63) is 65.2 Å². The lowest BCUT2D eigenvalue weighted by atomic mass is 10.1. The van der Waals surface area contributed by atoms with Gasteiger partial charge in [0.05, 0.1) is 26.2 Å². The maximum atomic E-state index is 11.8. The lowest BCUT2D eigenvalue weighted by Crippen LogP contribution is -2.28. The molecule has 7 heteroatoms. The summed E-state index contributed by atoms with van der Waals surface area (Å²) < 4.78 is 14.7. The number of rotatable bonds is 8. The number of benzene rings is 2. The van der Waals surface area contributed by atoms with E-state index in [0.29, 0.717) is 11.3 Å². The van der Waals surface area contributed by atoms with Crippen LogP contribution in [0.3, 0.4) is 0 Å². The van der Waals surface area contributed by atoms with Crippen LogP contribution in [0.4, 0.5) is 0 Å². The second-order valence-electron chi connectivity index (χ2n) is 5.65. The lowest BCUT2D eigenvalue weighted by molar-refractivity contribution is -0.147. The van der Waals surface area contributed by atoms with Gasteiger partial charge in [-0.2, -0.15) is 0 Å². The Morgan fingerprint density at radius 1 is 0.963 bits per heavy atom. The van der Waals surface area contributed by atoms with Gasteiger partial charge in [-0.25, -0.2) is 4.79 Å². The van der Waals surface area contributed by atoms with Crippen LogP contribution >= 0.6 is 0 Å². The van der Waals surface area contributed by atoms with E-state index < -0.39 is 17.8 Å². The number of ether oxygens (including phenoxy) is 3. The number of esters is 2. The van der Waals surface area contributed by atoms with Gasteiger partial charge in [-0.15, -0.1) is 0 Å². The van der Waals surface area contributed by atoms with E-state index in [1.165, 1.54) is 7.11 Å². The fourth-order valence-corrected chi connectivity index (χ4v) is 2.27. The molecular weight excluding hydrogens is 350 g/mol. The Kier molecular flexibility index (Phi) is 7.37. The third-order valence-electron chi connectivity index (χ3n) is 3.71. The van der Waals surface area contributed by atoms with Gasteiger partial charge in [0.1, 0.15) is 5.75 Å².